The zero-order valence-electron chi connectivity index (χ0n) is 12.2. The maximum atomic E-state index is 11.2. The lowest BCUT2D eigenvalue weighted by Crippen LogP contribution is -2.31. The minimum absolute atomic E-state index is 0.330. The van der Waals surface area contributed by atoms with Crippen LogP contribution in [0.3, 0.4) is 0 Å². The predicted molar refractivity (Wildman–Crippen MR) is 81.4 cm³/mol. The standard InChI is InChI=1S/C15H23NO2S/c1-10-7-11(2)13(12(3)8-10)9-19-6-5-14(16)15(17)18-4/h7-8,14H,5-6,9,16H2,1-4H3. The fraction of sp³-hybridized carbons (Fsp3) is 0.533. The number of esters is 1. The number of rotatable bonds is 6. The van der Waals surface area contributed by atoms with Crippen LogP contribution in [0, 0.1) is 20.8 Å². The number of aryl methyl sites for hydroxylation is 3. The van der Waals surface area contributed by atoms with E-state index in [1.165, 1.54) is 29.4 Å². The third-order valence-electron chi connectivity index (χ3n) is 3.16. The number of carbonyl (C=O) groups excluding carboxylic acids is 1. The molecule has 0 aliphatic rings. The monoisotopic (exact) mass is 281 g/mol. The van der Waals surface area contributed by atoms with E-state index in [0.717, 1.165) is 11.5 Å². The van der Waals surface area contributed by atoms with E-state index in [1.807, 2.05) is 11.8 Å². The van der Waals surface area contributed by atoms with Gasteiger partial charge in [0.25, 0.3) is 0 Å². The maximum Gasteiger partial charge on any atom is 0.322 e. The molecule has 0 fully saturated rings. The summed E-state index contributed by atoms with van der Waals surface area (Å²) in [4.78, 5) is 11.2. The molecule has 1 unspecified atom stereocenters. The van der Waals surface area contributed by atoms with Gasteiger partial charge < -0.3 is 10.5 Å². The van der Waals surface area contributed by atoms with Crippen LogP contribution in [0.2, 0.25) is 0 Å². The number of hydrogen-bond acceptors (Lipinski definition) is 4. The van der Waals surface area contributed by atoms with Crippen LogP contribution in [0.15, 0.2) is 12.1 Å². The minimum atomic E-state index is -0.502. The second kappa shape index (κ2) is 7.56. The molecule has 2 N–H and O–H groups in total. The van der Waals surface area contributed by atoms with E-state index in [4.69, 9.17) is 5.73 Å². The Balaban J connectivity index is 2.44. The average Bonchev–Trinajstić information content (AvgIpc) is 2.35. The van der Waals surface area contributed by atoms with E-state index < -0.39 is 6.04 Å². The number of carbonyl (C=O) groups is 1. The van der Waals surface area contributed by atoms with Gasteiger partial charge in [0.05, 0.1) is 7.11 Å². The third kappa shape index (κ3) is 4.88. The Hall–Kier alpha value is -1.00. The number of thioether (sulfide) groups is 1. The molecule has 19 heavy (non-hydrogen) atoms. The molecule has 0 aliphatic heterocycles. The van der Waals surface area contributed by atoms with Crippen LogP contribution < -0.4 is 5.73 Å². The maximum absolute atomic E-state index is 11.2. The smallest absolute Gasteiger partial charge is 0.322 e. The summed E-state index contributed by atoms with van der Waals surface area (Å²) < 4.78 is 4.61. The molecule has 0 heterocycles. The fourth-order valence-electron chi connectivity index (χ4n) is 2.09. The van der Waals surface area contributed by atoms with Crippen molar-refractivity contribution < 1.29 is 9.53 Å². The van der Waals surface area contributed by atoms with Crippen LogP contribution in [-0.2, 0) is 15.3 Å². The normalized spacial score (nSPS) is 12.3. The molecule has 1 atom stereocenters. The lowest BCUT2D eigenvalue weighted by molar-refractivity contribution is -0.142. The first-order valence-electron chi connectivity index (χ1n) is 6.43. The Kier molecular flexibility index (Phi) is 6.38. The highest BCUT2D eigenvalue weighted by atomic mass is 32.2. The number of hydrogen-bond donors (Lipinski definition) is 1. The van der Waals surface area contributed by atoms with E-state index in [2.05, 4.69) is 37.6 Å². The van der Waals surface area contributed by atoms with Gasteiger partial charge >= 0.3 is 5.97 Å². The molecule has 0 saturated carbocycles. The first-order valence-corrected chi connectivity index (χ1v) is 7.59. The lowest BCUT2D eigenvalue weighted by Gasteiger charge is -2.12. The summed E-state index contributed by atoms with van der Waals surface area (Å²) in [6.07, 6.45) is 0.654. The Morgan fingerprint density at radius 2 is 1.89 bits per heavy atom. The first kappa shape index (κ1) is 16.1. The second-order valence-corrected chi connectivity index (χ2v) is 5.95. The Bertz CT molecular complexity index is 423. The van der Waals surface area contributed by atoms with Crippen molar-refractivity contribution in [2.45, 2.75) is 39.0 Å². The number of ether oxygens (including phenoxy) is 1. The molecule has 106 valence electrons. The molecule has 0 spiro atoms. The van der Waals surface area contributed by atoms with E-state index in [-0.39, 0.29) is 5.97 Å². The highest BCUT2D eigenvalue weighted by Crippen LogP contribution is 2.22. The van der Waals surface area contributed by atoms with Gasteiger partial charge in [0.15, 0.2) is 0 Å². The van der Waals surface area contributed by atoms with E-state index in [0.29, 0.717) is 6.42 Å². The number of methoxy groups -OCH3 is 1. The molecule has 0 bridgehead atoms. The Labute approximate surface area is 119 Å². The van der Waals surface area contributed by atoms with Crippen LogP contribution in [0.4, 0.5) is 0 Å². The molecule has 4 heteroatoms. The topological polar surface area (TPSA) is 52.3 Å². The SMILES string of the molecule is COC(=O)C(N)CCSCc1c(C)cc(C)cc1C. The third-order valence-corrected chi connectivity index (χ3v) is 4.18. The number of nitrogens with two attached hydrogens (primary N) is 1. The summed E-state index contributed by atoms with van der Waals surface area (Å²) in [5.41, 5.74) is 11.1. The van der Waals surface area contributed by atoms with E-state index in [1.54, 1.807) is 0 Å². The van der Waals surface area contributed by atoms with Gasteiger partial charge in [0, 0.05) is 5.75 Å². The lowest BCUT2D eigenvalue weighted by atomic mass is 10.0. The van der Waals surface area contributed by atoms with E-state index in [9.17, 15) is 4.79 Å². The summed E-state index contributed by atoms with van der Waals surface area (Å²) in [6, 6.07) is 3.92. The molecular formula is C15H23NO2S. The molecule has 0 saturated heterocycles. The Morgan fingerprint density at radius 1 is 1.32 bits per heavy atom. The molecule has 3 nitrogen and oxygen atoms in total. The second-order valence-electron chi connectivity index (χ2n) is 4.85. The summed E-state index contributed by atoms with van der Waals surface area (Å²) in [7, 11) is 1.37. The van der Waals surface area contributed by atoms with Gasteiger partial charge in [-0.25, -0.2) is 0 Å². The molecule has 0 aliphatic carbocycles. The van der Waals surface area contributed by atoms with Gasteiger partial charge in [-0.05, 0) is 49.6 Å². The molecule has 1 aromatic carbocycles. The van der Waals surface area contributed by atoms with Crippen molar-refractivity contribution in [3.8, 4) is 0 Å². The van der Waals surface area contributed by atoms with Gasteiger partial charge in [0.2, 0.25) is 0 Å². The van der Waals surface area contributed by atoms with Crippen LogP contribution in [0.5, 0.6) is 0 Å². The van der Waals surface area contributed by atoms with Crippen LogP contribution >= 0.6 is 11.8 Å². The van der Waals surface area contributed by atoms with Crippen molar-refractivity contribution in [3.05, 3.63) is 34.4 Å². The van der Waals surface area contributed by atoms with Gasteiger partial charge in [0.1, 0.15) is 6.04 Å². The van der Waals surface area contributed by atoms with Crippen molar-refractivity contribution in [3.63, 3.8) is 0 Å². The molecule has 1 rings (SSSR count). The molecule has 1 aromatic rings. The zero-order valence-corrected chi connectivity index (χ0v) is 13.0. The summed E-state index contributed by atoms with van der Waals surface area (Å²) in [5, 5.41) is 0. The van der Waals surface area contributed by atoms with Crippen molar-refractivity contribution in [2.24, 2.45) is 5.73 Å². The summed E-state index contributed by atoms with van der Waals surface area (Å²) in [5.74, 6) is 1.50. The fourth-order valence-corrected chi connectivity index (χ4v) is 3.32. The zero-order chi connectivity index (χ0) is 14.4. The average molecular weight is 281 g/mol. The summed E-state index contributed by atoms with van der Waals surface area (Å²) in [6.45, 7) is 6.42. The first-order chi connectivity index (χ1) is 8.95. The highest BCUT2D eigenvalue weighted by molar-refractivity contribution is 7.98. The number of benzene rings is 1. The van der Waals surface area contributed by atoms with Crippen molar-refractivity contribution in [2.75, 3.05) is 12.9 Å². The highest BCUT2D eigenvalue weighted by Gasteiger charge is 2.13. The molecular weight excluding hydrogens is 258 g/mol. The largest absolute Gasteiger partial charge is 0.468 e. The summed E-state index contributed by atoms with van der Waals surface area (Å²) >= 11 is 1.81. The minimum Gasteiger partial charge on any atom is -0.468 e. The van der Waals surface area contributed by atoms with Gasteiger partial charge in [-0.3, -0.25) is 4.79 Å². The predicted octanol–water partition coefficient (Wildman–Crippen LogP) is 2.74. The van der Waals surface area contributed by atoms with Crippen molar-refractivity contribution in [1.82, 2.24) is 0 Å². The quantitative estimate of drug-likeness (QED) is 0.643. The van der Waals surface area contributed by atoms with Gasteiger partial charge in [-0.1, -0.05) is 17.7 Å². The Morgan fingerprint density at radius 3 is 2.42 bits per heavy atom. The van der Waals surface area contributed by atoms with Gasteiger partial charge in [-0.15, -0.1) is 0 Å². The van der Waals surface area contributed by atoms with Crippen LogP contribution in [-0.4, -0.2) is 24.9 Å². The van der Waals surface area contributed by atoms with Crippen LogP contribution in [0.25, 0.3) is 0 Å². The molecule has 0 radical (unpaired) electrons. The van der Waals surface area contributed by atoms with E-state index >= 15 is 0 Å². The van der Waals surface area contributed by atoms with Crippen molar-refractivity contribution >= 4 is 17.7 Å². The van der Waals surface area contributed by atoms with Crippen LogP contribution in [0.1, 0.15) is 28.7 Å². The molecule has 0 aromatic heterocycles. The molecule has 0 amide bonds. The van der Waals surface area contributed by atoms with Crippen molar-refractivity contribution in [1.29, 1.82) is 0 Å². The van der Waals surface area contributed by atoms with Gasteiger partial charge in [-0.2, -0.15) is 11.8 Å².